The minimum Gasteiger partial charge on any atom is -0.495 e. The highest BCUT2D eigenvalue weighted by Gasteiger charge is 2.11. The first kappa shape index (κ1) is 23.7. The molecule has 0 fully saturated rings. The zero-order valence-electron chi connectivity index (χ0n) is 17.2. The molecule has 31 heavy (non-hydrogen) atoms. The summed E-state index contributed by atoms with van der Waals surface area (Å²) in [6.07, 6.45) is 3.35. The molecule has 0 saturated heterocycles. The van der Waals surface area contributed by atoms with E-state index in [1.54, 1.807) is 49.4 Å². The van der Waals surface area contributed by atoms with Gasteiger partial charge < -0.3 is 19.9 Å². The number of hydrogen-bond acceptors (Lipinski definition) is 8. The van der Waals surface area contributed by atoms with Crippen LogP contribution in [0.4, 0.5) is 11.4 Å². The van der Waals surface area contributed by atoms with Crippen molar-refractivity contribution in [3.63, 3.8) is 0 Å². The molecule has 0 atom stereocenters. The molecule has 0 aromatic heterocycles. The summed E-state index contributed by atoms with van der Waals surface area (Å²) in [5.41, 5.74) is 7.00. The standard InChI is InChI=1S/C21H24ClN5O4/c1-4-5-20(24-21(29)14-6-9-19(30-3)16(22)12-14)26-27-25-17-8-7-15(31-11-10-28)13-18(17)23-2/h4-9,12-13,25,27-28H,2,10-11H2,1,3H3,(H,24,26,29)/b5-4+. The maximum atomic E-state index is 12.5. The van der Waals surface area contributed by atoms with Crippen molar-refractivity contribution in [3.05, 3.63) is 59.1 Å². The average molecular weight is 446 g/mol. The van der Waals surface area contributed by atoms with Gasteiger partial charge in [0, 0.05) is 11.6 Å². The first-order valence-electron chi connectivity index (χ1n) is 9.23. The number of hydrazine groups is 1. The fourth-order valence-electron chi connectivity index (χ4n) is 2.41. The zero-order valence-corrected chi connectivity index (χ0v) is 17.9. The quantitative estimate of drug-likeness (QED) is 0.253. The highest BCUT2D eigenvalue weighted by Crippen LogP contribution is 2.29. The number of allylic oxidation sites excluding steroid dienone is 1. The highest BCUT2D eigenvalue weighted by molar-refractivity contribution is 6.32. The molecule has 2 rings (SSSR count). The van der Waals surface area contributed by atoms with Crippen LogP contribution >= 0.6 is 11.6 Å². The number of anilines is 1. The van der Waals surface area contributed by atoms with Gasteiger partial charge >= 0.3 is 0 Å². The molecule has 4 N–H and O–H groups in total. The minimum absolute atomic E-state index is 0.0880. The third-order valence-electron chi connectivity index (χ3n) is 3.85. The lowest BCUT2D eigenvalue weighted by Gasteiger charge is -2.12. The summed E-state index contributed by atoms with van der Waals surface area (Å²) in [5.74, 6) is 0.904. The summed E-state index contributed by atoms with van der Waals surface area (Å²) in [6.45, 7) is 5.42. The van der Waals surface area contributed by atoms with Crippen LogP contribution in [0.5, 0.6) is 11.5 Å². The maximum absolute atomic E-state index is 12.5. The Morgan fingerprint density at radius 2 is 2.10 bits per heavy atom. The molecule has 0 saturated carbocycles. The number of carbonyl (C=O) groups is 1. The first-order valence-corrected chi connectivity index (χ1v) is 9.60. The lowest BCUT2D eigenvalue weighted by Crippen LogP contribution is -2.31. The van der Waals surface area contributed by atoms with Crippen LogP contribution in [0.2, 0.25) is 5.02 Å². The van der Waals surface area contributed by atoms with E-state index in [9.17, 15) is 4.79 Å². The van der Waals surface area contributed by atoms with Crippen LogP contribution in [0.15, 0.2) is 58.6 Å². The number of carbonyl (C=O) groups excluding carboxylic acids is 1. The average Bonchev–Trinajstić information content (AvgIpc) is 2.78. The number of halogens is 1. The fraction of sp³-hybridized carbons (Fsp3) is 0.190. The molecule has 9 nitrogen and oxygen atoms in total. The van der Waals surface area contributed by atoms with Gasteiger partial charge in [0.15, 0.2) is 5.84 Å². The van der Waals surface area contributed by atoms with E-state index in [2.05, 4.69) is 33.1 Å². The highest BCUT2D eigenvalue weighted by atomic mass is 35.5. The van der Waals surface area contributed by atoms with Gasteiger partial charge in [-0.15, -0.1) is 5.10 Å². The summed E-state index contributed by atoms with van der Waals surface area (Å²) in [5, 5.41) is 16.0. The van der Waals surface area contributed by atoms with E-state index in [-0.39, 0.29) is 25.0 Å². The van der Waals surface area contributed by atoms with Crippen LogP contribution in [0, 0.1) is 0 Å². The van der Waals surface area contributed by atoms with E-state index in [1.807, 2.05) is 0 Å². The number of aliphatic hydroxyl groups is 1. The Bertz CT molecular complexity index is 978. The Morgan fingerprint density at radius 1 is 1.29 bits per heavy atom. The molecule has 0 bridgehead atoms. The van der Waals surface area contributed by atoms with Crippen molar-refractivity contribution >= 4 is 41.4 Å². The predicted molar refractivity (Wildman–Crippen MR) is 123 cm³/mol. The van der Waals surface area contributed by atoms with Crippen LogP contribution in [-0.2, 0) is 0 Å². The van der Waals surface area contributed by atoms with Crippen LogP contribution in [0.1, 0.15) is 17.3 Å². The van der Waals surface area contributed by atoms with Gasteiger partial charge in [0.1, 0.15) is 18.1 Å². The zero-order chi connectivity index (χ0) is 22.6. The normalized spacial score (nSPS) is 11.2. The Kier molecular flexibility index (Phi) is 9.34. The van der Waals surface area contributed by atoms with Crippen molar-refractivity contribution in [1.29, 1.82) is 0 Å². The summed E-state index contributed by atoms with van der Waals surface area (Å²) < 4.78 is 10.4. The molecule has 0 spiro atoms. The first-order chi connectivity index (χ1) is 15.0. The van der Waals surface area contributed by atoms with Crippen molar-refractivity contribution in [2.75, 3.05) is 25.7 Å². The van der Waals surface area contributed by atoms with Gasteiger partial charge in [-0.3, -0.25) is 15.2 Å². The number of aliphatic hydroxyl groups excluding tert-OH is 1. The monoisotopic (exact) mass is 445 g/mol. The minimum atomic E-state index is -0.387. The number of amidine groups is 1. The van der Waals surface area contributed by atoms with Gasteiger partial charge in [-0.1, -0.05) is 17.7 Å². The number of hydrazone groups is 1. The molecule has 0 aliphatic carbocycles. The molecule has 0 unspecified atom stereocenters. The predicted octanol–water partition coefficient (Wildman–Crippen LogP) is 3.29. The third kappa shape index (κ3) is 7.02. The number of methoxy groups -OCH3 is 1. The van der Waals surface area contributed by atoms with Crippen LogP contribution in [0.25, 0.3) is 0 Å². The summed E-state index contributed by atoms with van der Waals surface area (Å²) in [7, 11) is 1.50. The van der Waals surface area contributed by atoms with E-state index in [4.69, 9.17) is 26.2 Å². The maximum Gasteiger partial charge on any atom is 0.256 e. The van der Waals surface area contributed by atoms with E-state index in [1.165, 1.54) is 13.2 Å². The van der Waals surface area contributed by atoms with E-state index >= 15 is 0 Å². The van der Waals surface area contributed by atoms with Crippen molar-refractivity contribution < 1.29 is 19.4 Å². The molecule has 10 heteroatoms. The van der Waals surface area contributed by atoms with E-state index in [0.717, 1.165) is 0 Å². The van der Waals surface area contributed by atoms with Crippen LogP contribution < -0.4 is 25.8 Å². The number of nitrogens with zero attached hydrogens (tertiary/aromatic N) is 2. The molecule has 1 amide bonds. The van der Waals surface area contributed by atoms with Gasteiger partial charge in [-0.05, 0) is 50.0 Å². The second-order valence-electron chi connectivity index (χ2n) is 5.95. The number of aliphatic imine (C=N–C) groups is 1. The molecular formula is C21H24ClN5O4. The van der Waals surface area contributed by atoms with E-state index < -0.39 is 0 Å². The summed E-state index contributed by atoms with van der Waals surface area (Å²) in [6, 6.07) is 9.81. The third-order valence-corrected chi connectivity index (χ3v) is 4.14. The van der Waals surface area contributed by atoms with Gasteiger partial charge in [0.25, 0.3) is 5.91 Å². The molecule has 0 heterocycles. The van der Waals surface area contributed by atoms with E-state index in [0.29, 0.717) is 33.5 Å². The van der Waals surface area contributed by atoms with Gasteiger partial charge in [-0.2, -0.15) is 0 Å². The fourth-order valence-corrected chi connectivity index (χ4v) is 2.67. The largest absolute Gasteiger partial charge is 0.495 e. The molecular weight excluding hydrogens is 422 g/mol. The number of ether oxygens (including phenoxy) is 2. The Balaban J connectivity index is 2.07. The van der Waals surface area contributed by atoms with Gasteiger partial charge in [-0.25, -0.2) is 5.53 Å². The van der Waals surface area contributed by atoms with Crippen molar-refractivity contribution in [2.45, 2.75) is 6.92 Å². The Labute approximate surface area is 185 Å². The topological polar surface area (TPSA) is 117 Å². The van der Waals surface area contributed by atoms with Crippen LogP contribution in [0.3, 0.4) is 0 Å². The van der Waals surface area contributed by atoms with Crippen molar-refractivity contribution in [3.8, 4) is 11.5 Å². The van der Waals surface area contributed by atoms with Gasteiger partial charge in [0.2, 0.25) is 0 Å². The molecule has 0 aliphatic rings. The number of hydrogen-bond donors (Lipinski definition) is 4. The Hall–Kier alpha value is -3.56. The second kappa shape index (κ2) is 12.2. The van der Waals surface area contributed by atoms with Crippen molar-refractivity contribution in [1.82, 2.24) is 10.9 Å². The lowest BCUT2D eigenvalue weighted by molar-refractivity contribution is 0.0977. The number of amides is 1. The second-order valence-corrected chi connectivity index (χ2v) is 6.35. The molecule has 164 valence electrons. The van der Waals surface area contributed by atoms with Gasteiger partial charge in [0.05, 0.1) is 30.1 Å². The van der Waals surface area contributed by atoms with Crippen LogP contribution in [-0.4, -0.2) is 43.9 Å². The molecule has 2 aromatic rings. The summed E-state index contributed by atoms with van der Waals surface area (Å²) >= 11 is 6.08. The molecule has 0 radical (unpaired) electrons. The molecule has 0 aliphatic heterocycles. The lowest BCUT2D eigenvalue weighted by atomic mass is 10.2. The SMILES string of the molecule is C=Nc1cc(OCCO)ccc1NN/N=C(\C=C\C)NC(=O)c1ccc(OC)c(Cl)c1. The summed E-state index contributed by atoms with van der Waals surface area (Å²) in [4.78, 5) is 16.4. The number of benzene rings is 2. The van der Waals surface area contributed by atoms with Crippen molar-refractivity contribution in [2.24, 2.45) is 10.1 Å². The smallest absolute Gasteiger partial charge is 0.256 e. The molecule has 2 aromatic carbocycles. The number of rotatable bonds is 10. The number of nitrogens with one attached hydrogen (secondary N) is 3. The Morgan fingerprint density at radius 3 is 2.74 bits per heavy atom.